The fourth-order valence-electron chi connectivity index (χ4n) is 3.65. The van der Waals surface area contributed by atoms with E-state index in [2.05, 4.69) is 15.4 Å². The van der Waals surface area contributed by atoms with Crippen molar-refractivity contribution in [2.75, 3.05) is 11.2 Å². The predicted octanol–water partition coefficient (Wildman–Crippen LogP) is 2.86. The minimum atomic E-state index is -3.43. The molecule has 162 valence electrons. The number of anilines is 1. The van der Waals surface area contributed by atoms with Gasteiger partial charge in [-0.15, -0.1) is 0 Å². The minimum absolute atomic E-state index is 0.0338. The van der Waals surface area contributed by atoms with Crippen LogP contribution in [0.25, 0.3) is 5.69 Å². The monoisotopic (exact) mass is 443 g/mol. The quantitative estimate of drug-likeness (QED) is 0.669. The largest absolute Gasteiger partial charge is 0.334 e. The first kappa shape index (κ1) is 21.0. The van der Waals surface area contributed by atoms with Crippen LogP contribution >= 0.6 is 0 Å². The van der Waals surface area contributed by atoms with Crippen LogP contribution in [0.3, 0.4) is 0 Å². The number of nitrogens with zero attached hydrogens (tertiary/aromatic N) is 4. The molecule has 0 radical (unpaired) electrons. The molecule has 0 bridgehead atoms. The average molecular weight is 444 g/mol. The smallest absolute Gasteiger partial charge is 0.322 e. The Bertz CT molecular complexity index is 1220. The molecule has 0 saturated carbocycles. The van der Waals surface area contributed by atoms with E-state index in [4.69, 9.17) is 0 Å². The molecule has 0 aliphatic carbocycles. The normalized spacial score (nSPS) is 16.1. The number of sulfone groups is 1. The lowest BCUT2D eigenvalue weighted by atomic mass is 10.0. The third-order valence-electron chi connectivity index (χ3n) is 5.26. The lowest BCUT2D eigenvalue weighted by Gasteiger charge is -2.33. The second kappa shape index (κ2) is 8.10. The molecular weight excluding hydrogens is 421 g/mol. The van der Waals surface area contributed by atoms with E-state index in [-0.39, 0.29) is 29.5 Å². The summed E-state index contributed by atoms with van der Waals surface area (Å²) in [5.74, 6) is -0.324. The van der Waals surface area contributed by atoms with Crippen LogP contribution in [0.2, 0.25) is 0 Å². The van der Waals surface area contributed by atoms with E-state index in [9.17, 15) is 17.6 Å². The summed E-state index contributed by atoms with van der Waals surface area (Å²) in [5, 5.41) is 7.24. The van der Waals surface area contributed by atoms with Crippen LogP contribution in [-0.4, -0.2) is 41.5 Å². The lowest BCUT2D eigenvalue weighted by Crippen LogP contribution is -2.47. The molecule has 3 heterocycles. The summed E-state index contributed by atoms with van der Waals surface area (Å²) >= 11 is 0. The molecule has 0 unspecified atom stereocenters. The summed E-state index contributed by atoms with van der Waals surface area (Å²) in [6.07, 6.45) is 5.63. The minimum Gasteiger partial charge on any atom is -0.334 e. The molecular formula is C21H22FN5O3S. The van der Waals surface area contributed by atoms with Crippen LogP contribution in [0, 0.1) is 5.82 Å². The Morgan fingerprint density at radius 2 is 2.00 bits per heavy atom. The lowest BCUT2D eigenvalue weighted by molar-refractivity contribution is 0.243. The van der Waals surface area contributed by atoms with Gasteiger partial charge in [0.2, 0.25) is 0 Å². The van der Waals surface area contributed by atoms with Gasteiger partial charge in [-0.05, 0) is 61.7 Å². The van der Waals surface area contributed by atoms with Crippen molar-refractivity contribution in [3.63, 3.8) is 0 Å². The van der Waals surface area contributed by atoms with Crippen LogP contribution in [0.1, 0.15) is 24.6 Å². The molecule has 8 nitrogen and oxygen atoms in total. The molecule has 31 heavy (non-hydrogen) atoms. The summed E-state index contributed by atoms with van der Waals surface area (Å²) in [4.78, 5) is 18.5. The van der Waals surface area contributed by atoms with Gasteiger partial charge in [-0.2, -0.15) is 5.10 Å². The van der Waals surface area contributed by atoms with E-state index in [0.29, 0.717) is 11.3 Å². The maximum Gasteiger partial charge on any atom is 0.322 e. The van der Waals surface area contributed by atoms with Gasteiger partial charge in [0.1, 0.15) is 5.82 Å². The van der Waals surface area contributed by atoms with Gasteiger partial charge in [0.05, 0.1) is 23.3 Å². The molecule has 0 spiro atoms. The van der Waals surface area contributed by atoms with Crippen LogP contribution in [0.5, 0.6) is 0 Å². The number of hydrogen-bond donors (Lipinski definition) is 1. The van der Waals surface area contributed by atoms with Gasteiger partial charge in [-0.1, -0.05) is 0 Å². The number of carbonyl (C=O) groups excluding carboxylic acids is 1. The highest BCUT2D eigenvalue weighted by Gasteiger charge is 2.31. The van der Waals surface area contributed by atoms with Gasteiger partial charge in [-0.25, -0.2) is 27.3 Å². The van der Waals surface area contributed by atoms with Gasteiger partial charge in [-0.3, -0.25) is 4.90 Å². The van der Waals surface area contributed by atoms with Crippen LogP contribution in [0.15, 0.2) is 53.8 Å². The summed E-state index contributed by atoms with van der Waals surface area (Å²) < 4.78 is 38.4. The Hall–Kier alpha value is -3.27. The first-order valence-electron chi connectivity index (χ1n) is 9.79. The number of amides is 2. The number of aromatic nitrogens is 3. The van der Waals surface area contributed by atoms with E-state index in [1.807, 2.05) is 6.92 Å². The number of urea groups is 1. The Kier molecular flexibility index (Phi) is 5.48. The molecule has 2 amide bonds. The number of pyridine rings is 1. The van der Waals surface area contributed by atoms with Crippen LogP contribution in [0.4, 0.5) is 14.9 Å². The van der Waals surface area contributed by atoms with Crippen molar-refractivity contribution in [3.8, 4) is 5.69 Å². The number of fused-ring (bicyclic) bond motifs is 1. The zero-order valence-electron chi connectivity index (χ0n) is 17.1. The standard InChI is InChI=1S/C21H22FN5O3S/c1-14-3-8-18-19(13-25-27(18)17-6-4-16(22)5-7-17)26(14)21(28)24-12-15-9-10-23-20(11-15)31(2,29)30/h4-7,9-11,13-14H,3,8,12H2,1-2H3,(H,24,28)/t14-/m0/s1. The second-order valence-corrected chi connectivity index (χ2v) is 9.52. The van der Waals surface area contributed by atoms with Crippen molar-refractivity contribution < 1.29 is 17.6 Å². The van der Waals surface area contributed by atoms with Crippen molar-refractivity contribution in [2.45, 2.75) is 37.4 Å². The van der Waals surface area contributed by atoms with Crippen LogP contribution in [-0.2, 0) is 22.8 Å². The summed E-state index contributed by atoms with van der Waals surface area (Å²) in [5.41, 5.74) is 2.94. The Morgan fingerprint density at radius 3 is 2.71 bits per heavy atom. The van der Waals surface area contributed by atoms with E-state index in [1.54, 1.807) is 34.0 Å². The van der Waals surface area contributed by atoms with Crippen molar-refractivity contribution in [1.29, 1.82) is 0 Å². The topological polar surface area (TPSA) is 97.2 Å². The maximum atomic E-state index is 13.3. The van der Waals surface area contributed by atoms with E-state index in [0.717, 1.165) is 30.5 Å². The highest BCUT2D eigenvalue weighted by molar-refractivity contribution is 7.90. The molecule has 3 aromatic rings. The van der Waals surface area contributed by atoms with Crippen LogP contribution < -0.4 is 10.2 Å². The number of nitrogens with one attached hydrogen (secondary N) is 1. The number of hydrogen-bond acceptors (Lipinski definition) is 5. The van der Waals surface area contributed by atoms with Gasteiger partial charge >= 0.3 is 6.03 Å². The zero-order chi connectivity index (χ0) is 22.2. The second-order valence-electron chi connectivity index (χ2n) is 7.56. The summed E-state index contributed by atoms with van der Waals surface area (Å²) in [6, 6.07) is 8.81. The SMILES string of the molecule is C[C@H]1CCc2c(cnn2-c2ccc(F)cc2)N1C(=O)NCc1ccnc(S(C)(=O)=O)c1. The molecule has 0 saturated heterocycles. The van der Waals surface area contributed by atoms with Gasteiger partial charge < -0.3 is 5.32 Å². The van der Waals surface area contributed by atoms with Gasteiger partial charge in [0.15, 0.2) is 14.9 Å². The first-order chi connectivity index (χ1) is 14.7. The van der Waals surface area contributed by atoms with Crippen molar-refractivity contribution in [3.05, 3.63) is 65.9 Å². The van der Waals surface area contributed by atoms with Gasteiger partial charge in [0, 0.05) is 25.0 Å². The van der Waals surface area contributed by atoms with Crippen molar-refractivity contribution in [1.82, 2.24) is 20.1 Å². The molecule has 4 rings (SSSR count). The number of rotatable bonds is 4. The molecule has 0 fully saturated rings. The number of benzene rings is 1. The predicted molar refractivity (Wildman–Crippen MR) is 113 cm³/mol. The van der Waals surface area contributed by atoms with E-state index in [1.165, 1.54) is 24.4 Å². The third-order valence-corrected chi connectivity index (χ3v) is 6.24. The fraction of sp³-hybridized carbons (Fsp3) is 0.286. The maximum absolute atomic E-state index is 13.3. The molecule has 1 aromatic carbocycles. The Balaban J connectivity index is 1.55. The molecule has 1 N–H and O–H groups in total. The highest BCUT2D eigenvalue weighted by Crippen LogP contribution is 2.32. The fourth-order valence-corrected chi connectivity index (χ4v) is 4.27. The molecule has 1 aliphatic heterocycles. The molecule has 10 heteroatoms. The Labute approximate surface area is 179 Å². The van der Waals surface area contributed by atoms with Crippen molar-refractivity contribution >= 4 is 21.6 Å². The molecule has 2 aromatic heterocycles. The summed E-state index contributed by atoms with van der Waals surface area (Å²) in [7, 11) is -3.43. The van der Waals surface area contributed by atoms with Gasteiger partial charge in [0.25, 0.3) is 0 Å². The van der Waals surface area contributed by atoms with E-state index < -0.39 is 9.84 Å². The molecule has 1 aliphatic rings. The Morgan fingerprint density at radius 1 is 1.26 bits per heavy atom. The summed E-state index contributed by atoms with van der Waals surface area (Å²) in [6.45, 7) is 2.13. The van der Waals surface area contributed by atoms with E-state index >= 15 is 0 Å². The first-order valence-corrected chi connectivity index (χ1v) is 11.7. The number of halogens is 1. The average Bonchev–Trinajstić information content (AvgIpc) is 3.16. The molecule has 1 atom stereocenters. The highest BCUT2D eigenvalue weighted by atomic mass is 32.2. The number of carbonyl (C=O) groups is 1. The van der Waals surface area contributed by atoms with Crippen molar-refractivity contribution in [2.24, 2.45) is 0 Å². The zero-order valence-corrected chi connectivity index (χ0v) is 17.9. The third kappa shape index (κ3) is 4.29.